The van der Waals surface area contributed by atoms with Crippen molar-refractivity contribution in [2.45, 2.75) is 40.5 Å². The first-order chi connectivity index (χ1) is 7.30. The minimum atomic E-state index is -0.173. The molecule has 0 heterocycles. The summed E-state index contributed by atoms with van der Waals surface area (Å²) in [5.74, 6) is 0.159. The molecule has 1 heteroatoms. The Kier molecular flexibility index (Phi) is 3.90. The van der Waals surface area contributed by atoms with Crippen LogP contribution in [0.4, 0.5) is 4.39 Å². The predicted molar refractivity (Wildman–Crippen MR) is 68.0 cm³/mol. The number of allylic oxidation sites excluding steroid dienone is 2. The van der Waals surface area contributed by atoms with Gasteiger partial charge in [-0.15, -0.1) is 0 Å². The third-order valence-electron chi connectivity index (χ3n) is 2.66. The summed E-state index contributed by atoms with van der Waals surface area (Å²) in [7, 11) is 0. The van der Waals surface area contributed by atoms with Gasteiger partial charge in [0.1, 0.15) is 5.82 Å². The van der Waals surface area contributed by atoms with Gasteiger partial charge in [0.25, 0.3) is 0 Å². The molecule has 0 aliphatic heterocycles. The lowest BCUT2D eigenvalue weighted by Gasteiger charge is -2.29. The van der Waals surface area contributed by atoms with Crippen molar-refractivity contribution in [3.05, 3.63) is 47.3 Å². The first kappa shape index (κ1) is 13.0. The van der Waals surface area contributed by atoms with Crippen LogP contribution in [0.3, 0.4) is 0 Å². The largest absolute Gasteiger partial charge is 0.207 e. The predicted octanol–water partition coefficient (Wildman–Crippen LogP) is 4.92. The fourth-order valence-electron chi connectivity index (χ4n) is 1.85. The van der Waals surface area contributed by atoms with E-state index in [2.05, 4.69) is 40.7 Å². The molecule has 0 aliphatic rings. The van der Waals surface area contributed by atoms with E-state index in [-0.39, 0.29) is 11.2 Å². The van der Waals surface area contributed by atoms with Crippen molar-refractivity contribution in [3.63, 3.8) is 0 Å². The molecular weight excluding hydrogens is 199 g/mol. The molecule has 1 aromatic carbocycles. The summed E-state index contributed by atoms with van der Waals surface area (Å²) >= 11 is 0. The van der Waals surface area contributed by atoms with Gasteiger partial charge in [-0.1, -0.05) is 44.6 Å². The average Bonchev–Trinajstić information content (AvgIpc) is 2.14. The zero-order valence-electron chi connectivity index (χ0n) is 10.8. The van der Waals surface area contributed by atoms with Crippen LogP contribution in [-0.2, 0) is 0 Å². The zero-order valence-corrected chi connectivity index (χ0v) is 10.8. The highest BCUT2D eigenvalue weighted by atomic mass is 19.1. The van der Waals surface area contributed by atoms with Gasteiger partial charge in [0.05, 0.1) is 0 Å². The van der Waals surface area contributed by atoms with E-state index >= 15 is 0 Å². The third kappa shape index (κ3) is 3.48. The van der Waals surface area contributed by atoms with E-state index in [9.17, 15) is 4.39 Å². The van der Waals surface area contributed by atoms with Gasteiger partial charge < -0.3 is 0 Å². The lowest BCUT2D eigenvalue weighted by Crippen LogP contribution is -2.16. The lowest BCUT2D eigenvalue weighted by molar-refractivity contribution is 0.365. The van der Waals surface area contributed by atoms with Gasteiger partial charge in [0.2, 0.25) is 0 Å². The summed E-state index contributed by atoms with van der Waals surface area (Å²) in [6, 6.07) is 6.83. The molecule has 0 aromatic heterocycles. The van der Waals surface area contributed by atoms with Gasteiger partial charge in [-0.2, -0.15) is 0 Å². The van der Waals surface area contributed by atoms with Gasteiger partial charge in [0, 0.05) is 5.92 Å². The van der Waals surface area contributed by atoms with Crippen LogP contribution in [-0.4, -0.2) is 0 Å². The van der Waals surface area contributed by atoms with Crippen LogP contribution in [0.5, 0.6) is 0 Å². The fourth-order valence-corrected chi connectivity index (χ4v) is 1.85. The lowest BCUT2D eigenvalue weighted by atomic mass is 9.76. The van der Waals surface area contributed by atoms with E-state index in [1.807, 2.05) is 12.1 Å². The van der Waals surface area contributed by atoms with Crippen LogP contribution in [0.25, 0.3) is 0 Å². The Balaban J connectivity index is 3.12. The van der Waals surface area contributed by atoms with E-state index < -0.39 is 0 Å². The van der Waals surface area contributed by atoms with E-state index in [0.717, 1.165) is 0 Å². The maximum Gasteiger partial charge on any atom is 0.123 e. The van der Waals surface area contributed by atoms with Gasteiger partial charge in [0.15, 0.2) is 0 Å². The van der Waals surface area contributed by atoms with E-state index in [0.29, 0.717) is 5.92 Å². The molecule has 88 valence electrons. The molecule has 0 bridgehead atoms. The topological polar surface area (TPSA) is 0 Å². The Morgan fingerprint density at radius 3 is 2.00 bits per heavy atom. The van der Waals surface area contributed by atoms with Crippen LogP contribution < -0.4 is 0 Å². The second kappa shape index (κ2) is 4.82. The molecule has 0 fully saturated rings. The average molecular weight is 220 g/mol. The molecule has 0 spiro atoms. The van der Waals surface area contributed by atoms with E-state index in [1.165, 1.54) is 23.3 Å². The van der Waals surface area contributed by atoms with Crippen molar-refractivity contribution in [1.82, 2.24) is 0 Å². The molecule has 0 radical (unpaired) electrons. The number of benzene rings is 1. The first-order valence-corrected chi connectivity index (χ1v) is 5.71. The fraction of sp³-hybridized carbons (Fsp3) is 0.467. The Bertz CT molecular complexity index is 361. The minimum absolute atomic E-state index is 0.148. The van der Waals surface area contributed by atoms with Crippen molar-refractivity contribution >= 4 is 0 Å². The summed E-state index contributed by atoms with van der Waals surface area (Å²) in [6.07, 6.45) is 2.26. The normalized spacial score (nSPS) is 13.4. The molecule has 0 saturated heterocycles. The van der Waals surface area contributed by atoms with Crippen LogP contribution in [0.15, 0.2) is 35.9 Å². The van der Waals surface area contributed by atoms with Crippen LogP contribution >= 0.6 is 0 Å². The second-order valence-electron chi connectivity index (χ2n) is 5.64. The van der Waals surface area contributed by atoms with Crippen LogP contribution in [0, 0.1) is 11.2 Å². The molecule has 0 amide bonds. The summed E-state index contributed by atoms with van der Waals surface area (Å²) in [5, 5.41) is 0. The molecular formula is C15H21F. The monoisotopic (exact) mass is 220 g/mol. The molecule has 0 saturated carbocycles. The molecule has 0 nitrogen and oxygen atoms in total. The molecule has 1 aromatic rings. The van der Waals surface area contributed by atoms with Gasteiger partial charge >= 0.3 is 0 Å². The summed E-state index contributed by atoms with van der Waals surface area (Å²) in [5.41, 5.74) is 2.62. The minimum Gasteiger partial charge on any atom is -0.207 e. The van der Waals surface area contributed by atoms with Crippen LogP contribution in [0.2, 0.25) is 0 Å². The second-order valence-corrected chi connectivity index (χ2v) is 5.64. The summed E-state index contributed by atoms with van der Waals surface area (Å²) in [4.78, 5) is 0. The number of rotatable bonds is 2. The summed E-state index contributed by atoms with van der Waals surface area (Å²) in [6.45, 7) is 10.8. The zero-order chi connectivity index (χ0) is 12.3. The van der Waals surface area contributed by atoms with Crippen molar-refractivity contribution in [3.8, 4) is 0 Å². The van der Waals surface area contributed by atoms with E-state index in [4.69, 9.17) is 0 Å². The highest BCUT2D eigenvalue weighted by molar-refractivity contribution is 5.27. The Labute approximate surface area is 98.2 Å². The first-order valence-electron chi connectivity index (χ1n) is 5.71. The molecule has 1 unspecified atom stereocenters. The smallest absolute Gasteiger partial charge is 0.123 e. The third-order valence-corrected chi connectivity index (χ3v) is 2.66. The van der Waals surface area contributed by atoms with E-state index in [1.54, 1.807) is 0 Å². The Hall–Kier alpha value is -1.11. The molecule has 1 rings (SSSR count). The van der Waals surface area contributed by atoms with Crippen molar-refractivity contribution < 1.29 is 4.39 Å². The maximum atomic E-state index is 12.9. The maximum absolute atomic E-state index is 12.9. The van der Waals surface area contributed by atoms with Gasteiger partial charge in [-0.25, -0.2) is 4.39 Å². The Morgan fingerprint density at radius 1 is 1.12 bits per heavy atom. The molecule has 16 heavy (non-hydrogen) atoms. The molecule has 0 aliphatic carbocycles. The van der Waals surface area contributed by atoms with Gasteiger partial charge in [-0.05, 0) is 37.0 Å². The van der Waals surface area contributed by atoms with Crippen molar-refractivity contribution in [2.75, 3.05) is 0 Å². The highest BCUT2D eigenvalue weighted by Gasteiger charge is 2.23. The van der Waals surface area contributed by atoms with Crippen molar-refractivity contribution in [2.24, 2.45) is 5.41 Å². The molecule has 1 atom stereocenters. The van der Waals surface area contributed by atoms with Gasteiger partial charge in [-0.3, -0.25) is 0 Å². The number of halogens is 1. The molecule has 0 N–H and O–H groups in total. The Morgan fingerprint density at radius 2 is 1.62 bits per heavy atom. The van der Waals surface area contributed by atoms with Crippen molar-refractivity contribution in [1.29, 1.82) is 0 Å². The van der Waals surface area contributed by atoms with Crippen LogP contribution in [0.1, 0.15) is 46.1 Å². The number of hydrogen-bond donors (Lipinski definition) is 0. The number of hydrogen-bond acceptors (Lipinski definition) is 0. The highest BCUT2D eigenvalue weighted by Crippen LogP contribution is 2.36. The SMILES string of the molecule is CC(C)=CC(c1ccc(F)cc1)C(C)(C)C. The summed E-state index contributed by atoms with van der Waals surface area (Å²) < 4.78 is 12.9. The standard InChI is InChI=1S/C15H21F/c1-11(2)10-14(15(3,4)5)12-6-8-13(16)9-7-12/h6-10,14H,1-5H3. The quantitative estimate of drug-likeness (QED) is 0.620.